The Morgan fingerprint density at radius 2 is 1.92 bits per heavy atom. The van der Waals surface area contributed by atoms with E-state index in [0.717, 1.165) is 14.0 Å². The van der Waals surface area contributed by atoms with Crippen molar-refractivity contribution in [2.45, 2.75) is 79.8 Å². The van der Waals surface area contributed by atoms with E-state index in [4.69, 9.17) is 18.9 Å². The second kappa shape index (κ2) is 11.1. The lowest BCUT2D eigenvalue weighted by Gasteiger charge is -2.59. The first kappa shape index (κ1) is 29.0. The van der Waals surface area contributed by atoms with Gasteiger partial charge in [-0.1, -0.05) is 0 Å². The first-order valence-corrected chi connectivity index (χ1v) is 11.3. The van der Waals surface area contributed by atoms with Gasteiger partial charge in [0, 0.05) is 20.5 Å². The van der Waals surface area contributed by atoms with Gasteiger partial charge < -0.3 is 70.4 Å². The van der Waals surface area contributed by atoms with E-state index < -0.39 is 111 Å². The van der Waals surface area contributed by atoms with Crippen LogP contribution in [-0.4, -0.2) is 146 Å². The van der Waals surface area contributed by atoms with E-state index in [-0.39, 0.29) is 0 Å². The summed E-state index contributed by atoms with van der Waals surface area (Å²) in [6.07, 6.45) is -14.8. The molecule has 0 bridgehead atoms. The van der Waals surface area contributed by atoms with Crippen LogP contribution in [0.3, 0.4) is 0 Å². The fourth-order valence-electron chi connectivity index (χ4n) is 5.14. The number of hydrogen-bond acceptors (Lipinski definition) is 14. The van der Waals surface area contributed by atoms with Crippen LogP contribution in [0.1, 0.15) is 13.3 Å². The molecule has 0 aromatic rings. The van der Waals surface area contributed by atoms with Gasteiger partial charge in [-0.05, 0) is 0 Å². The van der Waals surface area contributed by atoms with Crippen molar-refractivity contribution >= 4 is 11.8 Å². The van der Waals surface area contributed by atoms with E-state index in [1.165, 1.54) is 0 Å². The largest absolute Gasteiger partial charge is 0.394 e. The van der Waals surface area contributed by atoms with Crippen molar-refractivity contribution in [3.63, 3.8) is 0 Å². The standard InChI is InChI=1S/C20H34N2O14/c1-7(25)22-12-8(26)3-19(36-16(12)13(28)9(27)4-23)18(31)21-6-34-20(19,32)11-14(29)10(5-24)35-17(33-2)15(11)30/h8-17,23-24,26-30,32H,3-6H2,1-2H3,(H,21,31)(H,22,25)/t8-,9+,10+,11+,12+,13+,14-,15+,16+,17?,19+,20?/m0/s1. The molecule has 3 heterocycles. The zero-order valence-electron chi connectivity index (χ0n) is 19.6. The van der Waals surface area contributed by atoms with Crippen molar-refractivity contribution in [3.8, 4) is 0 Å². The number of ether oxygens (including phenoxy) is 4. The number of rotatable bonds is 7. The van der Waals surface area contributed by atoms with Crippen LogP contribution in [0.15, 0.2) is 0 Å². The molecule has 0 saturated carbocycles. The second-order valence-corrected chi connectivity index (χ2v) is 9.11. The van der Waals surface area contributed by atoms with Gasteiger partial charge in [-0.25, -0.2) is 0 Å². The van der Waals surface area contributed by atoms with Gasteiger partial charge in [0.25, 0.3) is 5.91 Å². The minimum Gasteiger partial charge on any atom is -0.394 e. The third-order valence-electron chi connectivity index (χ3n) is 6.93. The SMILES string of the molecule is COC1O[C@H](CO)[C@H](O)[C@@H](C2(O)OCNC(=O)[C@]23C[C@H](O)[C@@H](NC(C)=O)[C@H]([C@H](O)[C@H](O)CO)O3)[C@H]1O. The van der Waals surface area contributed by atoms with Crippen LogP contribution >= 0.6 is 0 Å². The second-order valence-electron chi connectivity index (χ2n) is 9.11. The summed E-state index contributed by atoms with van der Waals surface area (Å²) in [6, 6.07) is -1.43. The molecule has 1 spiro atoms. The van der Waals surface area contributed by atoms with Gasteiger partial charge >= 0.3 is 0 Å². The van der Waals surface area contributed by atoms with E-state index in [1.54, 1.807) is 0 Å². The molecule has 16 nitrogen and oxygen atoms in total. The van der Waals surface area contributed by atoms with Crippen LogP contribution in [0, 0.1) is 5.92 Å². The van der Waals surface area contributed by atoms with Gasteiger partial charge in [0.05, 0.1) is 37.4 Å². The molecular formula is C20H34N2O14. The fraction of sp³-hybridized carbons (Fsp3) is 0.900. The molecule has 16 heteroatoms. The molecule has 2 amide bonds. The highest BCUT2D eigenvalue weighted by molar-refractivity contribution is 5.87. The average molecular weight is 526 g/mol. The van der Waals surface area contributed by atoms with E-state index in [0.29, 0.717) is 0 Å². The number of aliphatic hydroxyl groups excluding tert-OH is 7. The third kappa shape index (κ3) is 4.72. The number of methoxy groups -OCH3 is 1. The highest BCUT2D eigenvalue weighted by atomic mass is 16.7. The van der Waals surface area contributed by atoms with Crippen LogP contribution in [0.2, 0.25) is 0 Å². The van der Waals surface area contributed by atoms with Crippen molar-refractivity contribution < 1.29 is 69.4 Å². The molecule has 3 saturated heterocycles. The Morgan fingerprint density at radius 3 is 2.47 bits per heavy atom. The molecule has 10 N–H and O–H groups in total. The Hall–Kier alpha value is -1.54. The van der Waals surface area contributed by atoms with Gasteiger partial charge in [0.2, 0.25) is 17.3 Å². The number of amides is 2. The van der Waals surface area contributed by atoms with Crippen LogP contribution in [0.25, 0.3) is 0 Å². The number of carbonyl (C=O) groups excluding carboxylic acids is 2. The molecule has 3 fully saturated rings. The highest BCUT2D eigenvalue weighted by Gasteiger charge is 2.72. The molecule has 0 aromatic carbocycles. The molecule has 208 valence electrons. The summed E-state index contributed by atoms with van der Waals surface area (Å²) >= 11 is 0. The first-order chi connectivity index (χ1) is 16.9. The Balaban J connectivity index is 2.13. The summed E-state index contributed by atoms with van der Waals surface area (Å²) in [7, 11) is 1.15. The topological polar surface area (TPSA) is 257 Å². The van der Waals surface area contributed by atoms with Crippen molar-refractivity contribution in [1.29, 1.82) is 0 Å². The lowest BCUT2D eigenvalue weighted by molar-refractivity contribution is -0.407. The van der Waals surface area contributed by atoms with Crippen molar-refractivity contribution in [2.24, 2.45) is 5.92 Å². The minimum atomic E-state index is -2.94. The third-order valence-corrected chi connectivity index (χ3v) is 6.93. The molecule has 3 aliphatic rings. The molecule has 36 heavy (non-hydrogen) atoms. The van der Waals surface area contributed by atoms with Gasteiger partial charge in [0.1, 0.15) is 37.3 Å². The zero-order chi connectivity index (χ0) is 27.0. The summed E-state index contributed by atoms with van der Waals surface area (Å²) in [5.41, 5.74) is -2.65. The lowest BCUT2D eigenvalue weighted by atomic mass is 9.68. The summed E-state index contributed by atoms with van der Waals surface area (Å²) in [6.45, 7) is -1.27. The van der Waals surface area contributed by atoms with Gasteiger partial charge in [0.15, 0.2) is 6.29 Å². The van der Waals surface area contributed by atoms with Crippen LogP contribution < -0.4 is 10.6 Å². The Morgan fingerprint density at radius 1 is 1.25 bits per heavy atom. The number of nitrogens with one attached hydrogen (secondary N) is 2. The van der Waals surface area contributed by atoms with E-state index in [9.17, 15) is 50.4 Å². The maximum absolute atomic E-state index is 13.3. The normalized spacial score (nSPS) is 45.1. The average Bonchev–Trinajstić information content (AvgIpc) is 2.83. The molecule has 3 aliphatic heterocycles. The quantitative estimate of drug-likeness (QED) is 0.148. The maximum Gasteiger partial charge on any atom is 0.259 e. The highest BCUT2D eigenvalue weighted by Crippen LogP contribution is 2.49. The fourth-order valence-corrected chi connectivity index (χ4v) is 5.14. The molecule has 0 aliphatic carbocycles. The van der Waals surface area contributed by atoms with Crippen LogP contribution in [-0.2, 0) is 28.5 Å². The first-order valence-electron chi connectivity index (χ1n) is 11.3. The molecule has 0 aromatic heterocycles. The maximum atomic E-state index is 13.3. The van der Waals surface area contributed by atoms with E-state index >= 15 is 0 Å². The molecular weight excluding hydrogens is 492 g/mol. The lowest BCUT2D eigenvalue weighted by Crippen LogP contribution is -2.81. The van der Waals surface area contributed by atoms with Gasteiger partial charge in [-0.2, -0.15) is 0 Å². The number of aliphatic hydroxyl groups is 8. The monoisotopic (exact) mass is 526 g/mol. The summed E-state index contributed by atoms with van der Waals surface area (Å²) in [4.78, 5) is 25.0. The molecule has 3 rings (SSSR count). The minimum absolute atomic E-state index is 0.629. The van der Waals surface area contributed by atoms with Crippen molar-refractivity contribution in [2.75, 3.05) is 27.1 Å². The number of carbonyl (C=O) groups is 2. The number of hydrogen-bond donors (Lipinski definition) is 10. The van der Waals surface area contributed by atoms with Gasteiger partial charge in [-0.3, -0.25) is 9.59 Å². The molecule has 2 unspecified atom stereocenters. The summed E-state index contributed by atoms with van der Waals surface area (Å²) in [5, 5.41) is 89.0. The molecule has 12 atom stereocenters. The Labute approximate surface area is 205 Å². The Bertz CT molecular complexity index is 788. The van der Waals surface area contributed by atoms with E-state index in [2.05, 4.69) is 10.6 Å². The van der Waals surface area contributed by atoms with Crippen LogP contribution in [0.4, 0.5) is 0 Å². The zero-order valence-corrected chi connectivity index (χ0v) is 19.6. The van der Waals surface area contributed by atoms with Gasteiger partial charge in [-0.15, -0.1) is 0 Å². The summed E-state index contributed by atoms with van der Waals surface area (Å²) < 4.78 is 21.6. The van der Waals surface area contributed by atoms with Crippen molar-refractivity contribution in [1.82, 2.24) is 10.6 Å². The predicted octanol–water partition coefficient (Wildman–Crippen LogP) is -6.41. The molecule has 0 radical (unpaired) electrons. The predicted molar refractivity (Wildman–Crippen MR) is 112 cm³/mol. The smallest absolute Gasteiger partial charge is 0.259 e. The van der Waals surface area contributed by atoms with Crippen LogP contribution in [0.5, 0.6) is 0 Å². The summed E-state index contributed by atoms with van der Waals surface area (Å²) in [5.74, 6) is -6.53. The Kier molecular flexibility index (Phi) is 8.92. The van der Waals surface area contributed by atoms with E-state index in [1.807, 2.05) is 0 Å². The van der Waals surface area contributed by atoms with Crippen molar-refractivity contribution in [3.05, 3.63) is 0 Å².